The van der Waals surface area contributed by atoms with Crippen molar-refractivity contribution in [1.82, 2.24) is 15.3 Å². The molecule has 0 radical (unpaired) electrons. The normalized spacial score (nSPS) is 18.6. The van der Waals surface area contributed by atoms with Crippen molar-refractivity contribution in [3.8, 4) is 11.3 Å². The summed E-state index contributed by atoms with van der Waals surface area (Å²) >= 11 is 6.04. The molecule has 1 fully saturated rings. The molecule has 0 bridgehead atoms. The Morgan fingerprint density at radius 1 is 1.24 bits per heavy atom. The number of amides is 1. The Hall–Kier alpha value is -2.85. The van der Waals surface area contributed by atoms with Gasteiger partial charge in [-0.05, 0) is 67.2 Å². The van der Waals surface area contributed by atoms with E-state index in [9.17, 15) is 9.90 Å². The summed E-state index contributed by atoms with van der Waals surface area (Å²) in [7, 11) is -1.90. The minimum absolute atomic E-state index is 0.134. The lowest BCUT2D eigenvalue weighted by atomic mass is 9.85. The van der Waals surface area contributed by atoms with E-state index < -0.39 is 26.1 Å². The average Bonchev–Trinajstić information content (AvgIpc) is 2.91. The van der Waals surface area contributed by atoms with Crippen LogP contribution in [-0.4, -0.2) is 42.0 Å². The molecule has 0 saturated heterocycles. The Morgan fingerprint density at radius 2 is 2.00 bits per heavy atom. The molecule has 4 N–H and O–H groups in total. The molecule has 3 atom stereocenters. The molecule has 3 aromatic rings. The smallest absolute Gasteiger partial charge is 0.254 e. The van der Waals surface area contributed by atoms with Gasteiger partial charge in [-0.25, -0.2) is 14.4 Å². The maximum Gasteiger partial charge on any atom is 0.254 e. The first-order chi connectivity index (χ1) is 19.3. The van der Waals surface area contributed by atoms with Crippen LogP contribution in [0.2, 0.25) is 23.2 Å². The number of benzene rings is 2. The van der Waals surface area contributed by atoms with E-state index in [1.165, 1.54) is 12.1 Å². The van der Waals surface area contributed by atoms with Crippen molar-refractivity contribution in [2.45, 2.75) is 82.7 Å². The molecule has 220 valence electrons. The second-order valence-corrected chi connectivity index (χ2v) is 17.5. The highest BCUT2D eigenvalue weighted by atomic mass is 35.5. The van der Waals surface area contributed by atoms with Crippen LogP contribution in [0.5, 0.6) is 0 Å². The van der Waals surface area contributed by atoms with Gasteiger partial charge in [0.05, 0.1) is 30.1 Å². The number of hydrogen-bond donors (Lipinski definition) is 3. The number of rotatable bonds is 8. The summed E-state index contributed by atoms with van der Waals surface area (Å²) in [5.41, 5.74) is 8.27. The number of aliphatic hydroxyl groups excluding tert-OH is 1. The molecule has 1 aliphatic rings. The summed E-state index contributed by atoms with van der Waals surface area (Å²) in [6.07, 6.45) is 5.77. The minimum Gasteiger partial charge on any atom is -0.414 e. The van der Waals surface area contributed by atoms with Gasteiger partial charge in [-0.3, -0.25) is 4.79 Å². The highest BCUT2D eigenvalue weighted by Crippen LogP contribution is 2.41. The first-order valence-electron chi connectivity index (χ1n) is 14.1. The Balaban J connectivity index is 1.52. The molecule has 2 aromatic carbocycles. The standard InChI is InChI=1S/C31H40ClFN4O3Si/c1-31(2,3)41(4,5)40-23-11-7-9-20(15-23)26-17-35-29(34)28(36-26)21-12-13-24(25(33)16-21)30(39)37-27(18-38)19-8-6-10-22(32)14-19/h6,8,10,12-14,16-17,20,23,27,38H,7,9,11,15,18H2,1-5H3,(H2,34,35)(H,37,39)/t20?,23?,27-/m1/s1. The summed E-state index contributed by atoms with van der Waals surface area (Å²) in [5, 5.41) is 13.1. The zero-order chi connectivity index (χ0) is 29.9. The van der Waals surface area contributed by atoms with Crippen molar-refractivity contribution >= 4 is 31.6 Å². The second kappa shape index (κ2) is 12.6. The lowest BCUT2D eigenvalue weighted by Gasteiger charge is -2.41. The third-order valence-electron chi connectivity index (χ3n) is 8.36. The number of carbonyl (C=O) groups is 1. The molecule has 41 heavy (non-hydrogen) atoms. The van der Waals surface area contributed by atoms with E-state index in [4.69, 9.17) is 26.7 Å². The first kappa shape index (κ1) is 31.1. The van der Waals surface area contributed by atoms with Crippen molar-refractivity contribution in [2.24, 2.45) is 0 Å². The third-order valence-corrected chi connectivity index (χ3v) is 13.1. The van der Waals surface area contributed by atoms with Gasteiger partial charge in [0.1, 0.15) is 17.3 Å². The zero-order valence-electron chi connectivity index (χ0n) is 24.4. The van der Waals surface area contributed by atoms with Crippen LogP contribution in [0.4, 0.5) is 10.2 Å². The number of nitrogens with zero attached hydrogens (tertiary/aromatic N) is 2. The number of aromatic nitrogens is 2. The SMILES string of the molecule is CC(C)(C)[Si](C)(C)OC1CCCC(c2cnc(N)c(-c3ccc(C(=O)N[C@H](CO)c4cccc(Cl)c4)c(F)c3)n2)C1. The molecule has 2 unspecified atom stereocenters. The minimum atomic E-state index is -1.90. The third kappa shape index (κ3) is 7.33. The van der Waals surface area contributed by atoms with E-state index in [2.05, 4.69) is 44.2 Å². The molecule has 7 nitrogen and oxygen atoms in total. The molecule has 1 heterocycles. The number of nitrogen functional groups attached to an aromatic ring is 1. The summed E-state index contributed by atoms with van der Waals surface area (Å²) in [5.74, 6) is -1.02. The van der Waals surface area contributed by atoms with E-state index in [1.807, 2.05) is 0 Å². The number of aliphatic hydroxyl groups is 1. The predicted molar refractivity (Wildman–Crippen MR) is 164 cm³/mol. The Bertz CT molecular complexity index is 1400. The van der Waals surface area contributed by atoms with Gasteiger partial charge in [-0.15, -0.1) is 0 Å². The maximum atomic E-state index is 15.3. The molecular formula is C31H40ClFN4O3Si. The molecule has 1 amide bonds. The molecule has 10 heteroatoms. The quantitative estimate of drug-likeness (QED) is 0.240. The van der Waals surface area contributed by atoms with Gasteiger partial charge in [0.25, 0.3) is 5.91 Å². The summed E-state index contributed by atoms with van der Waals surface area (Å²) < 4.78 is 22.0. The van der Waals surface area contributed by atoms with Gasteiger partial charge in [0, 0.05) is 22.6 Å². The van der Waals surface area contributed by atoms with Gasteiger partial charge < -0.3 is 20.6 Å². The van der Waals surface area contributed by atoms with E-state index >= 15 is 4.39 Å². The van der Waals surface area contributed by atoms with Gasteiger partial charge >= 0.3 is 0 Å². The van der Waals surface area contributed by atoms with Gasteiger partial charge in [-0.1, -0.05) is 57.0 Å². The van der Waals surface area contributed by atoms with Crippen LogP contribution in [0.1, 0.15) is 80.0 Å². The monoisotopic (exact) mass is 598 g/mol. The van der Waals surface area contributed by atoms with Crippen LogP contribution >= 0.6 is 11.6 Å². The number of halogens is 2. The predicted octanol–water partition coefficient (Wildman–Crippen LogP) is 7.03. The van der Waals surface area contributed by atoms with Crippen LogP contribution in [0.25, 0.3) is 11.3 Å². The molecule has 0 aliphatic heterocycles. The Kier molecular flexibility index (Phi) is 9.53. The fourth-order valence-electron chi connectivity index (χ4n) is 4.98. The number of hydrogen-bond acceptors (Lipinski definition) is 6. The molecule has 1 aliphatic carbocycles. The van der Waals surface area contributed by atoms with Crippen molar-refractivity contribution in [1.29, 1.82) is 0 Å². The van der Waals surface area contributed by atoms with E-state index in [0.29, 0.717) is 21.8 Å². The van der Waals surface area contributed by atoms with Gasteiger partial charge in [0.2, 0.25) is 0 Å². The van der Waals surface area contributed by atoms with Crippen molar-refractivity contribution in [2.75, 3.05) is 12.3 Å². The second-order valence-electron chi connectivity index (χ2n) is 12.4. The molecule has 4 rings (SSSR count). The van der Waals surface area contributed by atoms with Crippen LogP contribution < -0.4 is 11.1 Å². The molecule has 1 saturated carbocycles. The largest absolute Gasteiger partial charge is 0.414 e. The van der Waals surface area contributed by atoms with Gasteiger partial charge in [0.15, 0.2) is 8.32 Å². The number of carbonyl (C=O) groups excluding carboxylic acids is 1. The average molecular weight is 599 g/mol. The maximum absolute atomic E-state index is 15.3. The fourth-order valence-corrected chi connectivity index (χ4v) is 6.58. The van der Waals surface area contributed by atoms with Crippen molar-refractivity contribution in [3.63, 3.8) is 0 Å². The van der Waals surface area contributed by atoms with Gasteiger partial charge in [-0.2, -0.15) is 0 Å². The summed E-state index contributed by atoms with van der Waals surface area (Å²) in [6.45, 7) is 10.9. The highest BCUT2D eigenvalue weighted by molar-refractivity contribution is 6.74. The van der Waals surface area contributed by atoms with Crippen molar-refractivity contribution in [3.05, 3.63) is 76.3 Å². The highest BCUT2D eigenvalue weighted by Gasteiger charge is 2.40. The fraction of sp³-hybridized carbons (Fsp3) is 0.452. The molecular weight excluding hydrogens is 559 g/mol. The van der Waals surface area contributed by atoms with Crippen LogP contribution in [0.15, 0.2) is 48.7 Å². The molecule has 0 spiro atoms. The topological polar surface area (TPSA) is 110 Å². The van der Waals surface area contributed by atoms with E-state index in [0.717, 1.165) is 31.4 Å². The number of nitrogens with one attached hydrogen (secondary N) is 1. The van der Waals surface area contributed by atoms with Crippen LogP contribution in [-0.2, 0) is 4.43 Å². The number of nitrogens with two attached hydrogens (primary N) is 1. The van der Waals surface area contributed by atoms with Crippen LogP contribution in [0, 0.1) is 5.82 Å². The lowest BCUT2D eigenvalue weighted by Crippen LogP contribution is -2.44. The van der Waals surface area contributed by atoms with E-state index in [1.54, 1.807) is 36.5 Å². The summed E-state index contributed by atoms with van der Waals surface area (Å²) in [4.78, 5) is 22.1. The Labute approximate surface area is 247 Å². The van der Waals surface area contributed by atoms with E-state index in [-0.39, 0.29) is 35.0 Å². The lowest BCUT2D eigenvalue weighted by molar-refractivity contribution is 0.0912. The first-order valence-corrected chi connectivity index (χ1v) is 17.3. The summed E-state index contributed by atoms with van der Waals surface area (Å²) in [6, 6.07) is 10.3. The van der Waals surface area contributed by atoms with Crippen LogP contribution in [0.3, 0.4) is 0 Å². The van der Waals surface area contributed by atoms with Crippen molar-refractivity contribution < 1.29 is 18.7 Å². The Morgan fingerprint density at radius 3 is 2.66 bits per heavy atom. The zero-order valence-corrected chi connectivity index (χ0v) is 26.1. The number of anilines is 1. The molecule has 1 aromatic heterocycles.